The molecule has 1 fully saturated rings. The van der Waals surface area contributed by atoms with Crippen molar-refractivity contribution in [3.8, 4) is 0 Å². The number of piperazine rings is 1. The van der Waals surface area contributed by atoms with E-state index in [1.54, 1.807) is 0 Å². The minimum atomic E-state index is 0.946. The van der Waals surface area contributed by atoms with Crippen molar-refractivity contribution in [2.24, 2.45) is 0 Å². The van der Waals surface area contributed by atoms with Crippen molar-refractivity contribution in [1.29, 1.82) is 0 Å². The Hall–Kier alpha value is -1.06. The maximum atomic E-state index is 3.19. The molecule has 16 heavy (non-hydrogen) atoms. The van der Waals surface area contributed by atoms with Gasteiger partial charge in [0, 0.05) is 38.4 Å². The molecule has 0 unspecified atom stereocenters. The molecule has 1 aromatic carbocycles. The monoisotopic (exact) mass is 219 g/mol. The van der Waals surface area contributed by atoms with Crippen molar-refractivity contribution in [2.75, 3.05) is 45.2 Å². The van der Waals surface area contributed by atoms with Gasteiger partial charge in [0.25, 0.3) is 0 Å². The van der Waals surface area contributed by atoms with Gasteiger partial charge in [-0.25, -0.2) is 0 Å². The lowest BCUT2D eigenvalue weighted by molar-refractivity contribution is 0.313. The number of nitrogens with zero attached hydrogens (tertiary/aromatic N) is 2. The van der Waals surface area contributed by atoms with Gasteiger partial charge >= 0.3 is 0 Å². The first kappa shape index (κ1) is 11.4. The quantitative estimate of drug-likeness (QED) is 0.823. The van der Waals surface area contributed by atoms with E-state index in [2.05, 4.69) is 46.4 Å². The van der Waals surface area contributed by atoms with E-state index in [1.807, 2.05) is 7.05 Å². The molecule has 0 bridgehead atoms. The lowest BCUT2D eigenvalue weighted by Gasteiger charge is -2.34. The lowest BCUT2D eigenvalue weighted by Crippen LogP contribution is -2.44. The normalized spacial score (nSPS) is 17.8. The second-order valence-corrected chi connectivity index (χ2v) is 4.49. The molecular formula is C13H21N3. The first-order valence-electron chi connectivity index (χ1n) is 5.96. The Labute approximate surface area is 98.0 Å². The highest BCUT2D eigenvalue weighted by atomic mass is 15.2. The second kappa shape index (κ2) is 5.32. The zero-order valence-electron chi connectivity index (χ0n) is 10.2. The van der Waals surface area contributed by atoms with Crippen LogP contribution in [0.1, 0.15) is 5.56 Å². The van der Waals surface area contributed by atoms with Gasteiger partial charge in [0.1, 0.15) is 0 Å². The number of hydrogen-bond acceptors (Lipinski definition) is 3. The van der Waals surface area contributed by atoms with E-state index in [9.17, 15) is 0 Å². The minimum Gasteiger partial charge on any atom is -0.369 e. The molecule has 0 amide bonds. The highest BCUT2D eigenvalue weighted by Gasteiger charge is 2.13. The summed E-state index contributed by atoms with van der Waals surface area (Å²) >= 11 is 0. The molecule has 0 saturated carbocycles. The average molecular weight is 219 g/mol. The minimum absolute atomic E-state index is 0.946. The fraction of sp³-hybridized carbons (Fsp3) is 0.538. The van der Waals surface area contributed by atoms with Gasteiger partial charge in [-0.15, -0.1) is 0 Å². The number of nitrogens with one attached hydrogen (secondary N) is 1. The Morgan fingerprint density at radius 3 is 2.62 bits per heavy atom. The molecule has 0 aliphatic carbocycles. The van der Waals surface area contributed by atoms with E-state index in [1.165, 1.54) is 11.3 Å². The molecule has 1 aromatic rings. The molecule has 1 saturated heterocycles. The summed E-state index contributed by atoms with van der Waals surface area (Å²) < 4.78 is 0. The van der Waals surface area contributed by atoms with Gasteiger partial charge in [-0.1, -0.05) is 12.1 Å². The molecule has 1 aliphatic rings. The van der Waals surface area contributed by atoms with Gasteiger partial charge in [-0.3, -0.25) is 0 Å². The van der Waals surface area contributed by atoms with E-state index < -0.39 is 0 Å². The molecule has 0 spiro atoms. The Morgan fingerprint density at radius 1 is 1.19 bits per heavy atom. The van der Waals surface area contributed by atoms with E-state index >= 15 is 0 Å². The molecule has 1 heterocycles. The predicted molar refractivity (Wildman–Crippen MR) is 68.9 cm³/mol. The summed E-state index contributed by atoms with van der Waals surface area (Å²) in [5, 5.41) is 3.19. The van der Waals surface area contributed by atoms with Crippen molar-refractivity contribution in [1.82, 2.24) is 10.2 Å². The number of rotatable bonds is 3. The van der Waals surface area contributed by atoms with Crippen molar-refractivity contribution >= 4 is 5.69 Å². The average Bonchev–Trinajstić information content (AvgIpc) is 2.31. The Balaban J connectivity index is 2.05. The topological polar surface area (TPSA) is 18.5 Å². The predicted octanol–water partition coefficient (Wildman–Crippen LogP) is 1.16. The van der Waals surface area contributed by atoms with Crippen LogP contribution in [0.25, 0.3) is 0 Å². The first-order chi connectivity index (χ1) is 7.79. The van der Waals surface area contributed by atoms with Crippen LogP contribution in [0.2, 0.25) is 0 Å². The Kier molecular flexibility index (Phi) is 3.80. The molecule has 3 heteroatoms. The van der Waals surface area contributed by atoms with Crippen LogP contribution in [-0.4, -0.2) is 45.2 Å². The Bertz CT molecular complexity index is 330. The fourth-order valence-corrected chi connectivity index (χ4v) is 2.13. The van der Waals surface area contributed by atoms with Gasteiger partial charge in [-0.05, 0) is 31.8 Å². The smallest absolute Gasteiger partial charge is 0.0370 e. The lowest BCUT2D eigenvalue weighted by atomic mass is 10.1. The summed E-state index contributed by atoms with van der Waals surface area (Å²) in [6.07, 6.45) is 0. The largest absolute Gasteiger partial charge is 0.369 e. The molecule has 1 N–H and O–H groups in total. The molecule has 0 atom stereocenters. The van der Waals surface area contributed by atoms with Crippen LogP contribution in [0, 0.1) is 0 Å². The van der Waals surface area contributed by atoms with Gasteiger partial charge < -0.3 is 15.1 Å². The van der Waals surface area contributed by atoms with E-state index in [4.69, 9.17) is 0 Å². The SMILES string of the molecule is CNCc1cccc(N2CCN(C)CC2)c1. The van der Waals surface area contributed by atoms with Crippen molar-refractivity contribution in [2.45, 2.75) is 6.54 Å². The van der Waals surface area contributed by atoms with Gasteiger partial charge in [0.2, 0.25) is 0 Å². The fourth-order valence-electron chi connectivity index (χ4n) is 2.13. The van der Waals surface area contributed by atoms with E-state index in [0.717, 1.165) is 32.7 Å². The number of likely N-dealkylation sites (N-methyl/N-ethyl adjacent to an activating group) is 1. The van der Waals surface area contributed by atoms with E-state index in [-0.39, 0.29) is 0 Å². The summed E-state index contributed by atoms with van der Waals surface area (Å²) in [5.41, 5.74) is 2.72. The van der Waals surface area contributed by atoms with Crippen molar-refractivity contribution in [3.05, 3.63) is 29.8 Å². The highest BCUT2D eigenvalue weighted by molar-refractivity contribution is 5.49. The summed E-state index contributed by atoms with van der Waals surface area (Å²) in [6.45, 7) is 5.55. The van der Waals surface area contributed by atoms with Gasteiger partial charge in [0.15, 0.2) is 0 Å². The molecule has 88 valence electrons. The zero-order valence-corrected chi connectivity index (χ0v) is 10.2. The number of anilines is 1. The maximum absolute atomic E-state index is 3.19. The van der Waals surface area contributed by atoms with Gasteiger partial charge in [0.05, 0.1) is 0 Å². The van der Waals surface area contributed by atoms with Crippen LogP contribution < -0.4 is 10.2 Å². The highest BCUT2D eigenvalue weighted by Crippen LogP contribution is 2.17. The van der Waals surface area contributed by atoms with Gasteiger partial charge in [-0.2, -0.15) is 0 Å². The third-order valence-corrected chi connectivity index (χ3v) is 3.16. The summed E-state index contributed by atoms with van der Waals surface area (Å²) in [7, 11) is 4.18. The number of benzene rings is 1. The van der Waals surface area contributed by atoms with Crippen LogP contribution in [-0.2, 0) is 6.54 Å². The molecule has 3 nitrogen and oxygen atoms in total. The van der Waals surface area contributed by atoms with Crippen molar-refractivity contribution in [3.63, 3.8) is 0 Å². The number of hydrogen-bond donors (Lipinski definition) is 1. The van der Waals surface area contributed by atoms with Crippen LogP contribution in [0.3, 0.4) is 0 Å². The van der Waals surface area contributed by atoms with E-state index in [0.29, 0.717) is 0 Å². The molecule has 0 radical (unpaired) electrons. The van der Waals surface area contributed by atoms with Crippen LogP contribution in [0.15, 0.2) is 24.3 Å². The molecule has 1 aliphatic heterocycles. The molecule has 2 rings (SSSR count). The third kappa shape index (κ3) is 2.74. The third-order valence-electron chi connectivity index (χ3n) is 3.16. The van der Waals surface area contributed by atoms with Crippen LogP contribution >= 0.6 is 0 Å². The second-order valence-electron chi connectivity index (χ2n) is 4.49. The zero-order chi connectivity index (χ0) is 11.4. The molecular weight excluding hydrogens is 198 g/mol. The summed E-state index contributed by atoms with van der Waals surface area (Å²) in [6, 6.07) is 8.84. The molecule has 0 aromatic heterocycles. The maximum Gasteiger partial charge on any atom is 0.0370 e. The van der Waals surface area contributed by atoms with Crippen molar-refractivity contribution < 1.29 is 0 Å². The van der Waals surface area contributed by atoms with Crippen LogP contribution in [0.5, 0.6) is 0 Å². The summed E-state index contributed by atoms with van der Waals surface area (Å²) in [4.78, 5) is 4.85. The first-order valence-corrected chi connectivity index (χ1v) is 5.96. The standard InChI is InChI=1S/C13H21N3/c1-14-11-12-4-3-5-13(10-12)16-8-6-15(2)7-9-16/h3-5,10,14H,6-9,11H2,1-2H3. The Morgan fingerprint density at radius 2 is 1.94 bits per heavy atom. The summed E-state index contributed by atoms with van der Waals surface area (Å²) in [5.74, 6) is 0. The van der Waals surface area contributed by atoms with Crippen LogP contribution in [0.4, 0.5) is 5.69 Å².